The Morgan fingerprint density at radius 2 is 2.18 bits per heavy atom. The van der Waals surface area contributed by atoms with Crippen LogP contribution in [0.1, 0.15) is 31.2 Å². The highest BCUT2D eigenvalue weighted by Crippen LogP contribution is 2.32. The highest BCUT2D eigenvalue weighted by molar-refractivity contribution is 6.30. The number of carbonyl (C=O) groups is 2. The predicted octanol–water partition coefficient (Wildman–Crippen LogP) is 2.40. The van der Waals surface area contributed by atoms with E-state index in [1.165, 1.54) is 12.8 Å². The van der Waals surface area contributed by atoms with Crippen LogP contribution in [-0.4, -0.2) is 35.8 Å². The molecule has 0 unspecified atom stereocenters. The molecule has 2 fully saturated rings. The fraction of sp³-hybridized carbons (Fsp3) is 0.529. The van der Waals surface area contributed by atoms with Gasteiger partial charge in [-0.15, -0.1) is 0 Å². The van der Waals surface area contributed by atoms with Crippen molar-refractivity contribution < 1.29 is 9.59 Å². The molecule has 0 aromatic heterocycles. The summed E-state index contributed by atoms with van der Waals surface area (Å²) >= 11 is 5.97. The standard InChI is InChI=1S/C17H21ClN2O2/c18-14-3-1-2-12(8-14)6-7-20-11-15(10-17(20)22)19-16(21)9-13-4-5-13/h1-3,8,13,15H,4-7,9-11H2,(H,19,21)/t15-/m0/s1. The highest BCUT2D eigenvalue weighted by atomic mass is 35.5. The fourth-order valence-corrected chi connectivity index (χ4v) is 3.13. The minimum Gasteiger partial charge on any atom is -0.351 e. The SMILES string of the molecule is O=C(CC1CC1)N[C@H]1CC(=O)N(CCc2cccc(Cl)c2)C1. The summed E-state index contributed by atoms with van der Waals surface area (Å²) in [6, 6.07) is 7.68. The molecule has 1 N–H and O–H groups in total. The Balaban J connectivity index is 1.46. The number of rotatable bonds is 6. The van der Waals surface area contributed by atoms with Crippen molar-refractivity contribution in [3.8, 4) is 0 Å². The van der Waals surface area contributed by atoms with Crippen molar-refractivity contribution in [2.45, 2.75) is 38.1 Å². The zero-order valence-electron chi connectivity index (χ0n) is 12.6. The average molecular weight is 321 g/mol. The van der Waals surface area contributed by atoms with E-state index >= 15 is 0 Å². The summed E-state index contributed by atoms with van der Waals surface area (Å²) in [7, 11) is 0. The highest BCUT2D eigenvalue weighted by Gasteiger charge is 2.31. The molecule has 1 aromatic carbocycles. The minimum absolute atomic E-state index is 0.0295. The molecule has 1 heterocycles. The maximum atomic E-state index is 12.0. The number of nitrogens with one attached hydrogen (secondary N) is 1. The van der Waals surface area contributed by atoms with Crippen molar-refractivity contribution in [1.82, 2.24) is 10.2 Å². The van der Waals surface area contributed by atoms with E-state index in [2.05, 4.69) is 5.32 Å². The minimum atomic E-state index is -0.0295. The lowest BCUT2D eigenvalue weighted by molar-refractivity contribution is -0.127. The fourth-order valence-electron chi connectivity index (χ4n) is 2.91. The second-order valence-corrected chi connectivity index (χ2v) is 6.77. The van der Waals surface area contributed by atoms with Crippen LogP contribution >= 0.6 is 11.6 Å². The van der Waals surface area contributed by atoms with Gasteiger partial charge in [0.05, 0.1) is 6.04 Å². The Bertz CT molecular complexity index is 572. The first-order valence-corrected chi connectivity index (χ1v) is 8.29. The van der Waals surface area contributed by atoms with Crippen molar-refractivity contribution in [2.24, 2.45) is 5.92 Å². The summed E-state index contributed by atoms with van der Waals surface area (Å²) in [6.07, 6.45) is 4.17. The quantitative estimate of drug-likeness (QED) is 0.875. The van der Waals surface area contributed by atoms with Gasteiger partial charge in [0.1, 0.15) is 0 Å². The van der Waals surface area contributed by atoms with Crippen LogP contribution in [0, 0.1) is 5.92 Å². The molecule has 0 bridgehead atoms. The van der Waals surface area contributed by atoms with Gasteiger partial charge < -0.3 is 10.2 Å². The third-order valence-corrected chi connectivity index (χ3v) is 4.55. The molecule has 22 heavy (non-hydrogen) atoms. The molecule has 0 spiro atoms. The monoisotopic (exact) mass is 320 g/mol. The normalized spacial score (nSPS) is 21.2. The van der Waals surface area contributed by atoms with E-state index in [1.54, 1.807) is 0 Å². The molecule has 1 atom stereocenters. The van der Waals surface area contributed by atoms with E-state index in [0.717, 1.165) is 17.0 Å². The van der Waals surface area contributed by atoms with Crippen LogP contribution in [-0.2, 0) is 16.0 Å². The third kappa shape index (κ3) is 4.23. The molecule has 1 aliphatic heterocycles. The van der Waals surface area contributed by atoms with E-state index in [9.17, 15) is 9.59 Å². The van der Waals surface area contributed by atoms with Gasteiger partial charge in [0.2, 0.25) is 11.8 Å². The van der Waals surface area contributed by atoms with E-state index in [4.69, 9.17) is 11.6 Å². The number of likely N-dealkylation sites (tertiary alicyclic amines) is 1. The zero-order chi connectivity index (χ0) is 15.5. The van der Waals surface area contributed by atoms with E-state index < -0.39 is 0 Å². The van der Waals surface area contributed by atoms with Gasteiger partial charge >= 0.3 is 0 Å². The molecule has 1 aromatic rings. The van der Waals surface area contributed by atoms with Crippen LogP contribution in [0.2, 0.25) is 5.02 Å². The first kappa shape index (κ1) is 15.3. The summed E-state index contributed by atoms with van der Waals surface area (Å²) in [5.41, 5.74) is 1.13. The van der Waals surface area contributed by atoms with Gasteiger partial charge in [-0.05, 0) is 42.9 Å². The molecule has 3 rings (SSSR count). The molecule has 118 valence electrons. The Labute approximate surface area is 135 Å². The van der Waals surface area contributed by atoms with Gasteiger partial charge in [-0.2, -0.15) is 0 Å². The Morgan fingerprint density at radius 3 is 2.91 bits per heavy atom. The number of amides is 2. The third-order valence-electron chi connectivity index (χ3n) is 4.31. The van der Waals surface area contributed by atoms with Gasteiger partial charge in [0, 0.05) is 31.0 Å². The molecule has 1 aliphatic carbocycles. The Morgan fingerprint density at radius 1 is 1.36 bits per heavy atom. The largest absolute Gasteiger partial charge is 0.351 e. The van der Waals surface area contributed by atoms with Crippen molar-refractivity contribution >= 4 is 23.4 Å². The molecule has 4 nitrogen and oxygen atoms in total. The van der Waals surface area contributed by atoms with E-state index in [-0.39, 0.29) is 17.9 Å². The van der Waals surface area contributed by atoms with Crippen LogP contribution in [0.15, 0.2) is 24.3 Å². The molecule has 1 saturated heterocycles. The van der Waals surface area contributed by atoms with Gasteiger partial charge in [0.15, 0.2) is 0 Å². The summed E-state index contributed by atoms with van der Waals surface area (Å²) in [4.78, 5) is 25.7. The molecule has 2 amide bonds. The van der Waals surface area contributed by atoms with Gasteiger partial charge in [-0.3, -0.25) is 9.59 Å². The molecular formula is C17H21ClN2O2. The topological polar surface area (TPSA) is 49.4 Å². The van der Waals surface area contributed by atoms with Crippen molar-refractivity contribution in [3.63, 3.8) is 0 Å². The number of nitrogens with zero attached hydrogens (tertiary/aromatic N) is 1. The number of hydrogen-bond acceptors (Lipinski definition) is 2. The van der Waals surface area contributed by atoms with Crippen molar-refractivity contribution in [3.05, 3.63) is 34.9 Å². The van der Waals surface area contributed by atoms with Crippen molar-refractivity contribution in [1.29, 1.82) is 0 Å². The van der Waals surface area contributed by atoms with Gasteiger partial charge in [0.25, 0.3) is 0 Å². The van der Waals surface area contributed by atoms with Crippen molar-refractivity contribution in [2.75, 3.05) is 13.1 Å². The van der Waals surface area contributed by atoms with Gasteiger partial charge in [-0.25, -0.2) is 0 Å². The lowest BCUT2D eigenvalue weighted by Gasteiger charge is -2.17. The average Bonchev–Trinajstić information content (AvgIpc) is 3.20. The van der Waals surface area contributed by atoms with Crippen LogP contribution in [0.3, 0.4) is 0 Å². The molecule has 1 saturated carbocycles. The predicted molar refractivity (Wildman–Crippen MR) is 85.6 cm³/mol. The Hall–Kier alpha value is -1.55. The lowest BCUT2D eigenvalue weighted by atomic mass is 10.1. The van der Waals surface area contributed by atoms with E-state index in [1.807, 2.05) is 29.2 Å². The van der Waals surface area contributed by atoms with Crippen LogP contribution in [0.5, 0.6) is 0 Å². The number of hydrogen-bond donors (Lipinski definition) is 1. The summed E-state index contributed by atoms with van der Waals surface area (Å²) in [6.45, 7) is 1.30. The maximum Gasteiger partial charge on any atom is 0.224 e. The number of carbonyl (C=O) groups excluding carboxylic acids is 2. The molecule has 2 aliphatic rings. The van der Waals surface area contributed by atoms with Crippen LogP contribution in [0.4, 0.5) is 0 Å². The first-order chi connectivity index (χ1) is 10.6. The summed E-state index contributed by atoms with van der Waals surface area (Å²) in [5.74, 6) is 0.798. The smallest absolute Gasteiger partial charge is 0.224 e. The van der Waals surface area contributed by atoms with Crippen LogP contribution < -0.4 is 5.32 Å². The number of halogens is 1. The van der Waals surface area contributed by atoms with Gasteiger partial charge in [-0.1, -0.05) is 23.7 Å². The first-order valence-electron chi connectivity index (χ1n) is 7.92. The summed E-state index contributed by atoms with van der Waals surface area (Å²) < 4.78 is 0. The number of benzene rings is 1. The molecule has 5 heteroatoms. The second kappa shape index (κ2) is 6.69. The zero-order valence-corrected chi connectivity index (χ0v) is 13.3. The molecular weight excluding hydrogens is 300 g/mol. The summed E-state index contributed by atoms with van der Waals surface area (Å²) in [5, 5.41) is 3.71. The van der Waals surface area contributed by atoms with E-state index in [0.29, 0.717) is 31.8 Å². The maximum absolute atomic E-state index is 12.0. The van der Waals surface area contributed by atoms with Crippen LogP contribution in [0.25, 0.3) is 0 Å². The lowest BCUT2D eigenvalue weighted by Crippen LogP contribution is -2.37. The molecule has 0 radical (unpaired) electrons. The second-order valence-electron chi connectivity index (χ2n) is 6.34. The Kier molecular flexibility index (Phi) is 4.67.